The Morgan fingerprint density at radius 3 is 2.94 bits per heavy atom. The van der Waals surface area contributed by atoms with Crippen molar-refractivity contribution in [1.29, 1.82) is 0 Å². The van der Waals surface area contributed by atoms with Crippen molar-refractivity contribution in [2.24, 2.45) is 0 Å². The summed E-state index contributed by atoms with van der Waals surface area (Å²) in [6.45, 7) is -0.0493. The normalized spacial score (nSPS) is 11.0. The van der Waals surface area contributed by atoms with Crippen LogP contribution in [0, 0.1) is 0 Å². The second-order valence-corrected chi connectivity index (χ2v) is 7.62. The van der Waals surface area contributed by atoms with Gasteiger partial charge in [0.2, 0.25) is 5.88 Å². The van der Waals surface area contributed by atoms with Gasteiger partial charge in [0.25, 0.3) is 0 Å². The maximum atomic E-state index is 12.5. The van der Waals surface area contributed by atoms with Crippen LogP contribution in [-0.2, 0) is 6.61 Å². The molecule has 0 bridgehead atoms. The number of aromatic hydroxyl groups is 1. The third-order valence-corrected chi connectivity index (χ3v) is 5.50. The number of fused-ring (bicyclic) bond motifs is 1. The zero-order valence-electron chi connectivity index (χ0n) is 16.2. The summed E-state index contributed by atoms with van der Waals surface area (Å²) in [4.78, 5) is 32.9. The van der Waals surface area contributed by atoms with Crippen molar-refractivity contribution in [2.45, 2.75) is 6.61 Å². The van der Waals surface area contributed by atoms with Crippen LogP contribution in [-0.4, -0.2) is 36.4 Å². The fraction of sp³-hybridized carbons (Fsp3) is 0.0476. The maximum Gasteiger partial charge on any atom is 0.362 e. The van der Waals surface area contributed by atoms with Crippen molar-refractivity contribution < 1.29 is 19.1 Å². The number of phenolic OH excluding ortho intramolecular Hbond substituents is 1. The molecule has 0 radical (unpaired) electrons. The van der Waals surface area contributed by atoms with Crippen molar-refractivity contribution in [1.82, 2.24) is 25.0 Å². The first-order valence-electron chi connectivity index (χ1n) is 9.29. The van der Waals surface area contributed by atoms with E-state index in [-0.39, 0.29) is 29.5 Å². The molecule has 5 aromatic rings. The van der Waals surface area contributed by atoms with Crippen LogP contribution in [0.1, 0.15) is 15.4 Å². The quantitative estimate of drug-likeness (QED) is 0.308. The topological polar surface area (TPSA) is 133 Å². The Balaban J connectivity index is 1.44. The van der Waals surface area contributed by atoms with Crippen LogP contribution >= 0.6 is 11.3 Å². The van der Waals surface area contributed by atoms with Gasteiger partial charge in [-0.05, 0) is 30.3 Å². The molecule has 0 saturated carbocycles. The molecule has 11 heteroatoms. The van der Waals surface area contributed by atoms with Gasteiger partial charge in [-0.1, -0.05) is 11.3 Å². The van der Waals surface area contributed by atoms with E-state index >= 15 is 0 Å². The molecule has 32 heavy (non-hydrogen) atoms. The largest absolute Gasteiger partial charge is 0.508 e. The number of carbonyl (C=O) groups excluding carboxylic acids is 1. The average Bonchev–Trinajstić information content (AvgIpc) is 3.44. The van der Waals surface area contributed by atoms with Gasteiger partial charge in [-0.15, -0.1) is 16.4 Å². The number of ether oxygens (including phenoxy) is 1. The first kappa shape index (κ1) is 19.6. The Hall–Kier alpha value is -4.38. The predicted octanol–water partition coefficient (Wildman–Crippen LogP) is 2.99. The van der Waals surface area contributed by atoms with Crippen LogP contribution < -0.4 is 10.4 Å². The Bertz CT molecular complexity index is 1490. The molecule has 1 N–H and O–H groups in total. The van der Waals surface area contributed by atoms with Crippen molar-refractivity contribution in [3.63, 3.8) is 0 Å². The number of carbonyl (C=O) groups is 1. The molecule has 5 rings (SSSR count). The molecular formula is C21H13N5O5S. The lowest BCUT2D eigenvalue weighted by molar-refractivity contribution is 0.112. The molecule has 0 spiro atoms. The Labute approximate surface area is 183 Å². The number of phenols is 1. The smallest absolute Gasteiger partial charge is 0.362 e. The van der Waals surface area contributed by atoms with Gasteiger partial charge in [-0.2, -0.15) is 4.98 Å². The Morgan fingerprint density at radius 2 is 2.12 bits per heavy atom. The molecule has 1 aromatic carbocycles. The third-order valence-electron chi connectivity index (χ3n) is 4.52. The van der Waals surface area contributed by atoms with E-state index in [9.17, 15) is 14.7 Å². The minimum absolute atomic E-state index is 0.0115. The van der Waals surface area contributed by atoms with Gasteiger partial charge in [0, 0.05) is 17.6 Å². The van der Waals surface area contributed by atoms with E-state index in [4.69, 9.17) is 9.15 Å². The molecule has 0 amide bonds. The zero-order chi connectivity index (χ0) is 22.1. The molecule has 0 unspecified atom stereocenters. The summed E-state index contributed by atoms with van der Waals surface area (Å²) in [7, 11) is 0. The summed E-state index contributed by atoms with van der Waals surface area (Å²) in [6, 6.07) is 11.4. The van der Waals surface area contributed by atoms with Gasteiger partial charge in [0.05, 0.1) is 11.9 Å². The van der Waals surface area contributed by atoms with Crippen LogP contribution in [0.5, 0.6) is 11.6 Å². The number of hydrogen-bond acceptors (Lipinski definition) is 10. The fourth-order valence-corrected chi connectivity index (χ4v) is 3.83. The highest BCUT2D eigenvalue weighted by atomic mass is 32.1. The van der Waals surface area contributed by atoms with Crippen LogP contribution in [0.25, 0.3) is 27.4 Å². The summed E-state index contributed by atoms with van der Waals surface area (Å²) >= 11 is 1.17. The highest BCUT2D eigenvalue weighted by molar-refractivity contribution is 7.16. The molecule has 0 fully saturated rings. The Morgan fingerprint density at radius 1 is 1.22 bits per heavy atom. The minimum Gasteiger partial charge on any atom is -0.508 e. The summed E-state index contributed by atoms with van der Waals surface area (Å²) in [6.07, 6.45) is 3.74. The van der Waals surface area contributed by atoms with Crippen molar-refractivity contribution >= 4 is 28.6 Å². The van der Waals surface area contributed by atoms with Crippen molar-refractivity contribution in [2.75, 3.05) is 0 Å². The highest BCUT2D eigenvalue weighted by Gasteiger charge is 2.17. The molecule has 158 valence electrons. The first-order valence-corrected chi connectivity index (χ1v) is 10.1. The number of nitrogens with zero attached hydrogens (tertiary/aromatic N) is 5. The van der Waals surface area contributed by atoms with E-state index in [0.29, 0.717) is 32.9 Å². The number of aldehydes is 1. The molecule has 0 saturated heterocycles. The van der Waals surface area contributed by atoms with Gasteiger partial charge in [0.15, 0.2) is 12.0 Å². The van der Waals surface area contributed by atoms with E-state index < -0.39 is 5.63 Å². The number of pyridine rings is 1. The van der Waals surface area contributed by atoms with Crippen LogP contribution in [0.3, 0.4) is 0 Å². The second kappa shape index (κ2) is 8.04. The SMILES string of the molecule is O=Cc1sc(-c2ccccn2)nc1OCc1cnnn1-c1cc2ccc(O)cc2oc1=O. The molecule has 0 aliphatic heterocycles. The number of benzene rings is 1. The molecule has 4 heterocycles. The van der Waals surface area contributed by atoms with Crippen molar-refractivity contribution in [3.8, 4) is 28.0 Å². The third kappa shape index (κ3) is 3.61. The number of hydrogen-bond donors (Lipinski definition) is 1. The molecule has 4 aromatic heterocycles. The summed E-state index contributed by atoms with van der Waals surface area (Å²) in [5.41, 5.74) is 0.787. The minimum atomic E-state index is -0.658. The van der Waals surface area contributed by atoms with E-state index in [0.717, 1.165) is 0 Å². The van der Waals surface area contributed by atoms with E-state index in [1.165, 1.54) is 34.3 Å². The first-order chi connectivity index (χ1) is 15.6. The average molecular weight is 447 g/mol. The Kier molecular flexibility index (Phi) is 4.92. The zero-order valence-corrected chi connectivity index (χ0v) is 17.0. The maximum absolute atomic E-state index is 12.5. The molecule has 0 atom stereocenters. The van der Waals surface area contributed by atoms with Gasteiger partial charge in [0.1, 0.15) is 33.5 Å². The van der Waals surface area contributed by atoms with Crippen LogP contribution in [0.2, 0.25) is 0 Å². The lowest BCUT2D eigenvalue weighted by Crippen LogP contribution is -2.15. The van der Waals surface area contributed by atoms with Gasteiger partial charge in [-0.25, -0.2) is 9.48 Å². The molecular weight excluding hydrogens is 434 g/mol. The number of rotatable bonds is 6. The van der Waals surface area contributed by atoms with E-state index in [2.05, 4.69) is 20.3 Å². The standard InChI is InChI=1S/C21H13N5O5S/c27-10-18-19(24-20(32-18)15-3-1-2-6-22-15)30-11-13-9-23-25-26(13)16-7-12-4-5-14(28)8-17(12)31-21(16)29/h1-10,28H,11H2. The number of aromatic nitrogens is 5. The van der Waals surface area contributed by atoms with Gasteiger partial charge in [-0.3, -0.25) is 9.78 Å². The fourth-order valence-electron chi connectivity index (χ4n) is 3.03. The lowest BCUT2D eigenvalue weighted by Gasteiger charge is -2.07. The summed E-state index contributed by atoms with van der Waals surface area (Å²) in [5.74, 6) is 0.141. The van der Waals surface area contributed by atoms with E-state index in [1.54, 1.807) is 30.5 Å². The van der Waals surface area contributed by atoms with Gasteiger partial charge >= 0.3 is 5.63 Å². The monoisotopic (exact) mass is 447 g/mol. The van der Waals surface area contributed by atoms with Gasteiger partial charge < -0.3 is 14.3 Å². The highest BCUT2D eigenvalue weighted by Crippen LogP contribution is 2.30. The molecule has 0 aliphatic carbocycles. The molecule has 0 aliphatic rings. The molecule has 10 nitrogen and oxygen atoms in total. The predicted molar refractivity (Wildman–Crippen MR) is 114 cm³/mol. The van der Waals surface area contributed by atoms with Crippen LogP contribution in [0.4, 0.5) is 0 Å². The second-order valence-electron chi connectivity index (χ2n) is 6.59. The lowest BCUT2D eigenvalue weighted by atomic mass is 10.2. The summed E-state index contributed by atoms with van der Waals surface area (Å²) < 4.78 is 12.3. The van der Waals surface area contributed by atoms with Crippen molar-refractivity contribution in [3.05, 3.63) is 75.8 Å². The van der Waals surface area contributed by atoms with Crippen LogP contribution in [0.15, 0.2) is 64.1 Å². The summed E-state index contributed by atoms with van der Waals surface area (Å²) in [5, 5.41) is 18.5. The number of thiazole rings is 1. The van der Waals surface area contributed by atoms with E-state index in [1.807, 2.05) is 6.07 Å².